The molecule has 0 spiro atoms. The number of para-hydroxylation sites is 2. The predicted molar refractivity (Wildman–Crippen MR) is 243 cm³/mol. The fourth-order valence-electron chi connectivity index (χ4n) is 9.27. The van der Waals surface area contributed by atoms with Crippen LogP contribution in [0.4, 0.5) is 0 Å². The highest BCUT2D eigenvalue weighted by Gasteiger charge is 2.44. The van der Waals surface area contributed by atoms with Crippen LogP contribution in [-0.4, -0.2) is 6.71 Å². The number of hydrogen-bond acceptors (Lipinski definition) is 2. The molecular weight excluding hydrogens is 691 g/mol. The first-order valence-corrected chi connectivity index (χ1v) is 20.4. The lowest BCUT2D eigenvalue weighted by Gasteiger charge is -2.37. The number of fused-ring (bicyclic) bond motifs is 4. The molecule has 0 unspecified atom stereocenters. The summed E-state index contributed by atoms with van der Waals surface area (Å²) >= 11 is 0. The summed E-state index contributed by atoms with van der Waals surface area (Å²) in [5.41, 5.74) is 28.0. The van der Waals surface area contributed by atoms with Crippen molar-refractivity contribution in [3.05, 3.63) is 158 Å². The maximum absolute atomic E-state index is 7.47. The van der Waals surface area contributed by atoms with Crippen LogP contribution in [-0.2, 0) is 0 Å². The van der Waals surface area contributed by atoms with Crippen LogP contribution in [0.5, 0.6) is 23.0 Å². The van der Waals surface area contributed by atoms with E-state index < -0.39 is 0 Å². The molecule has 0 aromatic heterocycles. The van der Waals surface area contributed by atoms with Crippen molar-refractivity contribution in [2.24, 2.45) is 0 Å². The Bertz CT molecular complexity index is 2590. The van der Waals surface area contributed by atoms with Gasteiger partial charge in [0, 0.05) is 27.7 Å². The Morgan fingerprint density at radius 3 is 0.895 bits per heavy atom. The zero-order chi connectivity index (χ0) is 40.2. The third-order valence-electron chi connectivity index (χ3n) is 13.6. The second kappa shape index (κ2) is 13.4. The molecule has 57 heavy (non-hydrogen) atoms. The van der Waals surface area contributed by atoms with Crippen molar-refractivity contribution in [3.8, 4) is 67.5 Å². The van der Waals surface area contributed by atoms with Crippen molar-refractivity contribution in [3.63, 3.8) is 0 Å². The van der Waals surface area contributed by atoms with E-state index in [1.54, 1.807) is 0 Å². The lowest BCUT2D eigenvalue weighted by molar-refractivity contribution is 0.468. The molecule has 0 N–H and O–H groups in total. The summed E-state index contributed by atoms with van der Waals surface area (Å²) in [6.45, 7) is 26.5. The summed E-state index contributed by atoms with van der Waals surface area (Å²) in [4.78, 5) is 0. The third kappa shape index (κ3) is 5.77. The fraction of sp³-hybridized carbons (Fsp3) is 0.222. The molecule has 3 heteroatoms. The standard InChI is InChI=1S/C54H51BO2/c1-28-19-40(20-29(2)36(28)9)44-15-13-17-48-51(44)56-53-46(42-23-32(5)38(11)33(6)24-42)27-47(43-25-34(7)39(12)35(8)26-43)54-50(53)55(48)49-18-14-16-45(52(49)57-54)41-21-30(3)37(10)31(4)22-41/h13-27H,1-12H3. The Hall–Kier alpha value is -5.80. The van der Waals surface area contributed by atoms with Crippen LogP contribution in [0.2, 0.25) is 0 Å². The van der Waals surface area contributed by atoms with Crippen LogP contribution in [0.3, 0.4) is 0 Å². The molecule has 0 radical (unpaired) electrons. The Kier molecular flexibility index (Phi) is 8.66. The number of aryl methyl sites for hydroxylation is 8. The first-order chi connectivity index (χ1) is 27.2. The van der Waals surface area contributed by atoms with Gasteiger partial charge in [-0.1, -0.05) is 84.9 Å². The highest BCUT2D eigenvalue weighted by Crippen LogP contribution is 2.50. The van der Waals surface area contributed by atoms with Gasteiger partial charge in [-0.3, -0.25) is 0 Å². The first kappa shape index (κ1) is 36.8. The topological polar surface area (TPSA) is 18.5 Å². The van der Waals surface area contributed by atoms with Crippen molar-refractivity contribution in [2.45, 2.75) is 83.1 Å². The Labute approximate surface area is 339 Å². The third-order valence-corrected chi connectivity index (χ3v) is 13.6. The highest BCUT2D eigenvalue weighted by atomic mass is 16.5. The van der Waals surface area contributed by atoms with E-state index in [0.717, 1.165) is 72.8 Å². The number of rotatable bonds is 4. The first-order valence-electron chi connectivity index (χ1n) is 20.4. The molecule has 2 aliphatic heterocycles. The summed E-state index contributed by atoms with van der Waals surface area (Å²) in [6, 6.07) is 34.4. The lowest BCUT2D eigenvalue weighted by atomic mass is 9.34. The fourth-order valence-corrected chi connectivity index (χ4v) is 9.27. The van der Waals surface area contributed by atoms with Gasteiger partial charge in [0.25, 0.3) is 6.71 Å². The van der Waals surface area contributed by atoms with Gasteiger partial charge in [-0.05, 0) is 189 Å². The van der Waals surface area contributed by atoms with Gasteiger partial charge in [0.05, 0.1) is 0 Å². The van der Waals surface area contributed by atoms with Crippen molar-refractivity contribution in [1.29, 1.82) is 0 Å². The van der Waals surface area contributed by atoms with E-state index in [0.29, 0.717) is 0 Å². The predicted octanol–water partition coefficient (Wildman–Crippen LogP) is 12.8. The molecule has 0 bridgehead atoms. The average Bonchev–Trinajstić information content (AvgIpc) is 3.18. The average molecular weight is 743 g/mol. The van der Waals surface area contributed by atoms with E-state index in [-0.39, 0.29) is 6.71 Å². The van der Waals surface area contributed by atoms with Gasteiger partial charge in [0.1, 0.15) is 23.0 Å². The smallest absolute Gasteiger partial charge is 0.260 e. The molecule has 9 rings (SSSR count). The van der Waals surface area contributed by atoms with Crippen molar-refractivity contribution in [1.82, 2.24) is 0 Å². The molecule has 0 atom stereocenters. The van der Waals surface area contributed by atoms with Gasteiger partial charge in [-0.25, -0.2) is 0 Å². The van der Waals surface area contributed by atoms with E-state index >= 15 is 0 Å². The molecule has 0 aliphatic carbocycles. The van der Waals surface area contributed by atoms with Crippen molar-refractivity contribution < 1.29 is 9.47 Å². The van der Waals surface area contributed by atoms with Crippen LogP contribution in [0.25, 0.3) is 44.5 Å². The number of hydrogen-bond donors (Lipinski definition) is 0. The quantitative estimate of drug-likeness (QED) is 0.167. The van der Waals surface area contributed by atoms with E-state index in [1.807, 2.05) is 0 Å². The van der Waals surface area contributed by atoms with E-state index in [4.69, 9.17) is 9.47 Å². The summed E-state index contributed by atoms with van der Waals surface area (Å²) in [7, 11) is 0. The number of benzene rings is 7. The van der Waals surface area contributed by atoms with Crippen molar-refractivity contribution in [2.75, 3.05) is 0 Å². The van der Waals surface area contributed by atoms with Crippen LogP contribution >= 0.6 is 0 Å². The Balaban J connectivity index is 1.42. The van der Waals surface area contributed by atoms with Gasteiger partial charge < -0.3 is 9.47 Å². The lowest BCUT2D eigenvalue weighted by Crippen LogP contribution is -2.57. The summed E-state index contributed by atoms with van der Waals surface area (Å²) in [6.07, 6.45) is 0. The molecule has 0 fully saturated rings. The van der Waals surface area contributed by atoms with Crippen LogP contribution < -0.4 is 25.9 Å². The molecule has 0 amide bonds. The molecule has 282 valence electrons. The summed E-state index contributed by atoms with van der Waals surface area (Å²) in [5.74, 6) is 3.59. The zero-order valence-corrected chi connectivity index (χ0v) is 35.6. The molecule has 0 saturated heterocycles. The van der Waals surface area contributed by atoms with Gasteiger partial charge in [-0.2, -0.15) is 0 Å². The molecule has 2 aliphatic rings. The molecule has 7 aromatic carbocycles. The van der Waals surface area contributed by atoms with Crippen LogP contribution in [0.1, 0.15) is 66.8 Å². The van der Waals surface area contributed by atoms with E-state index in [9.17, 15) is 0 Å². The maximum atomic E-state index is 7.47. The second-order valence-corrected chi connectivity index (χ2v) is 17.1. The van der Waals surface area contributed by atoms with E-state index in [2.05, 4.69) is 174 Å². The Morgan fingerprint density at radius 2 is 0.596 bits per heavy atom. The second-order valence-electron chi connectivity index (χ2n) is 17.1. The van der Waals surface area contributed by atoms with Crippen molar-refractivity contribution >= 4 is 23.1 Å². The molecule has 2 nitrogen and oxygen atoms in total. The van der Waals surface area contributed by atoms with E-state index in [1.165, 1.54) is 77.9 Å². The summed E-state index contributed by atoms with van der Waals surface area (Å²) < 4.78 is 14.9. The van der Waals surface area contributed by atoms with Gasteiger partial charge in [0.15, 0.2) is 0 Å². The summed E-state index contributed by atoms with van der Waals surface area (Å²) in [5, 5.41) is 0. The minimum Gasteiger partial charge on any atom is -0.457 e. The maximum Gasteiger partial charge on any atom is 0.260 e. The molecular formula is C54H51BO2. The highest BCUT2D eigenvalue weighted by molar-refractivity contribution is 6.98. The normalized spacial score (nSPS) is 12.5. The zero-order valence-electron chi connectivity index (χ0n) is 35.6. The minimum absolute atomic E-state index is 0.123. The largest absolute Gasteiger partial charge is 0.457 e. The minimum atomic E-state index is -0.123. The molecule has 0 saturated carbocycles. The molecule has 2 heterocycles. The van der Waals surface area contributed by atoms with Crippen LogP contribution in [0.15, 0.2) is 91.0 Å². The number of ether oxygens (including phenoxy) is 2. The van der Waals surface area contributed by atoms with Gasteiger partial charge in [0.2, 0.25) is 0 Å². The Morgan fingerprint density at radius 1 is 0.316 bits per heavy atom. The monoisotopic (exact) mass is 742 g/mol. The van der Waals surface area contributed by atoms with Gasteiger partial charge in [-0.15, -0.1) is 0 Å². The van der Waals surface area contributed by atoms with Gasteiger partial charge >= 0.3 is 0 Å². The van der Waals surface area contributed by atoms with Crippen LogP contribution in [0, 0.1) is 83.1 Å². The SMILES string of the molecule is Cc1cc(-c2cccc3c2Oc2c(-c4cc(C)c(C)c(C)c4)cc(-c4cc(C)c(C)c(C)c4)c4c2B3c2cccc(-c3cc(C)c(C)c(C)c3)c2O4)cc(C)c1C. The molecule has 7 aromatic rings.